The third-order valence-electron chi connectivity index (χ3n) is 1.91. The summed E-state index contributed by atoms with van der Waals surface area (Å²) < 4.78 is 0. The van der Waals surface area contributed by atoms with Crippen molar-refractivity contribution in [3.63, 3.8) is 0 Å². The van der Waals surface area contributed by atoms with Crippen molar-refractivity contribution in [1.82, 2.24) is 20.4 Å². The Morgan fingerprint density at radius 3 is 2.80 bits per heavy atom. The zero-order chi connectivity index (χ0) is 11.4. The molecule has 0 aromatic carbocycles. The van der Waals surface area contributed by atoms with E-state index in [2.05, 4.69) is 15.5 Å². The Kier molecular flexibility index (Phi) is 3.27. The number of H-pyrrole nitrogens is 1. The van der Waals surface area contributed by atoms with Crippen LogP contribution in [0, 0.1) is 0 Å². The molecule has 0 saturated heterocycles. The SMILES string of the molecule is CNC(=O)CN(C)C(=O)c1cn[nH]c1N. The predicted molar refractivity (Wildman–Crippen MR) is 54.0 cm³/mol. The summed E-state index contributed by atoms with van der Waals surface area (Å²) in [6, 6.07) is 0. The molecule has 0 saturated carbocycles. The van der Waals surface area contributed by atoms with Crippen LogP contribution in [0.5, 0.6) is 0 Å². The summed E-state index contributed by atoms with van der Waals surface area (Å²) in [5.74, 6) is -0.387. The molecule has 7 heteroatoms. The normalized spacial score (nSPS) is 9.73. The largest absolute Gasteiger partial charge is 0.383 e. The molecule has 1 rings (SSSR count). The summed E-state index contributed by atoms with van der Waals surface area (Å²) in [4.78, 5) is 24.0. The number of hydrogen-bond donors (Lipinski definition) is 3. The molecule has 0 aliphatic rings. The van der Waals surface area contributed by atoms with Crippen molar-refractivity contribution in [1.29, 1.82) is 0 Å². The lowest BCUT2D eigenvalue weighted by atomic mass is 10.3. The number of aromatic nitrogens is 2. The minimum absolute atomic E-state index is 0.0139. The van der Waals surface area contributed by atoms with Crippen molar-refractivity contribution < 1.29 is 9.59 Å². The molecule has 0 spiro atoms. The summed E-state index contributed by atoms with van der Waals surface area (Å²) in [7, 11) is 3.02. The summed E-state index contributed by atoms with van der Waals surface area (Å²) in [6.07, 6.45) is 1.33. The van der Waals surface area contributed by atoms with Crippen LogP contribution in [-0.2, 0) is 4.79 Å². The van der Waals surface area contributed by atoms with E-state index in [1.165, 1.54) is 25.2 Å². The Morgan fingerprint density at radius 2 is 2.33 bits per heavy atom. The first-order valence-electron chi connectivity index (χ1n) is 4.31. The van der Waals surface area contributed by atoms with Gasteiger partial charge >= 0.3 is 0 Å². The number of nitrogens with zero attached hydrogens (tertiary/aromatic N) is 2. The summed E-state index contributed by atoms with van der Waals surface area (Å²) in [6.45, 7) is -0.0139. The fourth-order valence-corrected chi connectivity index (χ4v) is 1.04. The van der Waals surface area contributed by atoms with Gasteiger partial charge in [-0.15, -0.1) is 0 Å². The van der Waals surface area contributed by atoms with Gasteiger partial charge in [0.2, 0.25) is 5.91 Å². The van der Waals surface area contributed by atoms with Crippen molar-refractivity contribution in [2.45, 2.75) is 0 Å². The molecular weight excluding hydrogens is 198 g/mol. The second-order valence-electron chi connectivity index (χ2n) is 3.03. The zero-order valence-corrected chi connectivity index (χ0v) is 8.57. The van der Waals surface area contributed by atoms with E-state index >= 15 is 0 Å². The van der Waals surface area contributed by atoms with E-state index in [4.69, 9.17) is 5.73 Å². The topological polar surface area (TPSA) is 104 Å². The molecule has 2 amide bonds. The van der Waals surface area contributed by atoms with Crippen molar-refractivity contribution in [2.24, 2.45) is 0 Å². The van der Waals surface area contributed by atoms with Crippen LogP contribution in [0.3, 0.4) is 0 Å². The number of nitrogen functional groups attached to an aromatic ring is 1. The second-order valence-corrected chi connectivity index (χ2v) is 3.03. The number of likely N-dealkylation sites (N-methyl/N-ethyl adjacent to an activating group) is 2. The first kappa shape index (κ1) is 11.0. The first-order chi connectivity index (χ1) is 7.06. The molecular formula is C8H13N5O2. The Balaban J connectivity index is 2.69. The minimum atomic E-state index is -0.343. The summed E-state index contributed by atoms with van der Waals surface area (Å²) in [5.41, 5.74) is 5.74. The zero-order valence-electron chi connectivity index (χ0n) is 8.57. The fourth-order valence-electron chi connectivity index (χ4n) is 1.04. The molecule has 7 nitrogen and oxygen atoms in total. The minimum Gasteiger partial charge on any atom is -0.383 e. The van der Waals surface area contributed by atoms with Gasteiger partial charge in [0.05, 0.1) is 12.7 Å². The summed E-state index contributed by atoms with van der Waals surface area (Å²) in [5, 5.41) is 8.50. The molecule has 0 aliphatic heterocycles. The third kappa shape index (κ3) is 2.46. The molecule has 4 N–H and O–H groups in total. The van der Waals surface area contributed by atoms with E-state index < -0.39 is 0 Å². The standard InChI is InChI=1S/C8H13N5O2/c1-10-6(14)4-13(2)8(15)5-3-11-12-7(5)9/h3H,4H2,1-2H3,(H,10,14)(H3,9,11,12). The van der Waals surface area contributed by atoms with Gasteiger partial charge in [-0.05, 0) is 0 Å². The van der Waals surface area contributed by atoms with E-state index in [-0.39, 0.29) is 29.7 Å². The van der Waals surface area contributed by atoms with Gasteiger partial charge in [0.25, 0.3) is 5.91 Å². The molecule has 0 bridgehead atoms. The van der Waals surface area contributed by atoms with Crippen LogP contribution in [0.4, 0.5) is 5.82 Å². The molecule has 1 aromatic heterocycles. The first-order valence-corrected chi connectivity index (χ1v) is 4.31. The average Bonchev–Trinajstić information content (AvgIpc) is 2.63. The van der Waals surface area contributed by atoms with Gasteiger partial charge in [-0.25, -0.2) is 0 Å². The number of nitrogens with one attached hydrogen (secondary N) is 2. The highest BCUT2D eigenvalue weighted by atomic mass is 16.2. The maximum absolute atomic E-state index is 11.7. The average molecular weight is 211 g/mol. The summed E-state index contributed by atoms with van der Waals surface area (Å²) >= 11 is 0. The number of aromatic amines is 1. The molecule has 0 fully saturated rings. The quantitative estimate of drug-likeness (QED) is 0.584. The monoisotopic (exact) mass is 211 g/mol. The Bertz CT molecular complexity index is 373. The van der Waals surface area contributed by atoms with Gasteiger partial charge in [0, 0.05) is 14.1 Å². The highest BCUT2D eigenvalue weighted by Crippen LogP contribution is 2.08. The van der Waals surface area contributed by atoms with Crippen molar-refractivity contribution in [2.75, 3.05) is 26.4 Å². The number of rotatable bonds is 3. The van der Waals surface area contributed by atoms with Gasteiger partial charge in [-0.3, -0.25) is 14.7 Å². The second kappa shape index (κ2) is 4.45. The Morgan fingerprint density at radius 1 is 1.67 bits per heavy atom. The predicted octanol–water partition coefficient (Wildman–Crippen LogP) is -1.19. The van der Waals surface area contributed by atoms with Gasteiger partial charge in [-0.2, -0.15) is 5.10 Å². The Labute approximate surface area is 86.6 Å². The van der Waals surface area contributed by atoms with E-state index in [0.29, 0.717) is 0 Å². The lowest BCUT2D eigenvalue weighted by Crippen LogP contribution is -2.37. The number of anilines is 1. The maximum Gasteiger partial charge on any atom is 0.259 e. The van der Waals surface area contributed by atoms with Crippen molar-refractivity contribution in [3.05, 3.63) is 11.8 Å². The van der Waals surface area contributed by atoms with Gasteiger partial charge in [0.15, 0.2) is 0 Å². The molecule has 15 heavy (non-hydrogen) atoms. The van der Waals surface area contributed by atoms with Crippen LogP contribution < -0.4 is 11.1 Å². The smallest absolute Gasteiger partial charge is 0.259 e. The molecule has 0 aliphatic carbocycles. The highest BCUT2D eigenvalue weighted by molar-refractivity contribution is 5.99. The molecule has 0 radical (unpaired) electrons. The van der Waals surface area contributed by atoms with Crippen LogP contribution in [0.2, 0.25) is 0 Å². The van der Waals surface area contributed by atoms with E-state index in [1.807, 2.05) is 0 Å². The van der Waals surface area contributed by atoms with Crippen LogP contribution in [0.15, 0.2) is 6.20 Å². The van der Waals surface area contributed by atoms with Gasteiger partial charge < -0.3 is 16.0 Å². The third-order valence-corrected chi connectivity index (χ3v) is 1.91. The molecule has 0 unspecified atom stereocenters. The number of amides is 2. The highest BCUT2D eigenvalue weighted by Gasteiger charge is 2.17. The fraction of sp³-hybridized carbons (Fsp3) is 0.375. The van der Waals surface area contributed by atoms with E-state index in [1.54, 1.807) is 0 Å². The Hall–Kier alpha value is -2.05. The molecule has 82 valence electrons. The van der Waals surface area contributed by atoms with Crippen LogP contribution in [0.25, 0.3) is 0 Å². The number of carbonyl (C=O) groups excluding carboxylic acids is 2. The van der Waals surface area contributed by atoms with Crippen LogP contribution in [-0.4, -0.2) is 47.6 Å². The van der Waals surface area contributed by atoms with Crippen molar-refractivity contribution in [3.8, 4) is 0 Å². The van der Waals surface area contributed by atoms with Crippen molar-refractivity contribution >= 4 is 17.6 Å². The number of nitrogens with two attached hydrogens (primary N) is 1. The lowest BCUT2D eigenvalue weighted by molar-refractivity contribution is -0.121. The van der Waals surface area contributed by atoms with Gasteiger partial charge in [-0.1, -0.05) is 0 Å². The maximum atomic E-state index is 11.7. The van der Waals surface area contributed by atoms with E-state index in [9.17, 15) is 9.59 Å². The number of hydrogen-bond acceptors (Lipinski definition) is 4. The molecule has 0 atom stereocenters. The molecule has 1 heterocycles. The van der Waals surface area contributed by atoms with Crippen LogP contribution in [0.1, 0.15) is 10.4 Å². The van der Waals surface area contributed by atoms with E-state index in [0.717, 1.165) is 0 Å². The van der Waals surface area contributed by atoms with Crippen LogP contribution >= 0.6 is 0 Å². The lowest BCUT2D eigenvalue weighted by Gasteiger charge is -2.15. The molecule has 1 aromatic rings. The number of carbonyl (C=O) groups is 2. The van der Waals surface area contributed by atoms with Gasteiger partial charge in [0.1, 0.15) is 11.4 Å².